The van der Waals surface area contributed by atoms with Gasteiger partial charge in [0.2, 0.25) is 0 Å². The number of carbonyl (C=O) groups is 1. The maximum absolute atomic E-state index is 12.7. The van der Waals surface area contributed by atoms with Crippen molar-refractivity contribution in [3.63, 3.8) is 0 Å². The van der Waals surface area contributed by atoms with Gasteiger partial charge in [-0.3, -0.25) is 4.79 Å². The predicted molar refractivity (Wildman–Crippen MR) is 74.5 cm³/mol. The summed E-state index contributed by atoms with van der Waals surface area (Å²) in [6, 6.07) is 11.1. The van der Waals surface area contributed by atoms with Gasteiger partial charge in [0, 0.05) is 6.54 Å². The zero-order valence-electron chi connectivity index (χ0n) is 10.8. The van der Waals surface area contributed by atoms with E-state index in [4.69, 9.17) is 5.84 Å². The summed E-state index contributed by atoms with van der Waals surface area (Å²) in [5, 5.41) is 2.75. The van der Waals surface area contributed by atoms with Gasteiger partial charge in [-0.15, -0.1) is 0 Å². The first kappa shape index (κ1) is 14.0. The van der Waals surface area contributed by atoms with Crippen LogP contribution in [0.1, 0.15) is 16.1 Å². The Bertz CT molecular complexity index is 586. The standard InChI is InChI=1S/C14H15FN4O/c15-11-6-4-10(5-7-11)8-9-17-14(20)12-2-1-3-13(18-12)19-16/h1-7H,8-9,16H2,(H,17,20)(H,18,19). The third kappa shape index (κ3) is 3.76. The van der Waals surface area contributed by atoms with Crippen LogP contribution in [0.4, 0.5) is 10.2 Å². The van der Waals surface area contributed by atoms with E-state index in [9.17, 15) is 9.18 Å². The van der Waals surface area contributed by atoms with Crippen LogP contribution in [0, 0.1) is 5.82 Å². The first-order chi connectivity index (χ1) is 9.69. The normalized spacial score (nSPS) is 10.1. The average molecular weight is 274 g/mol. The molecule has 0 saturated carbocycles. The van der Waals surface area contributed by atoms with Gasteiger partial charge in [0.05, 0.1) is 0 Å². The molecule has 0 spiro atoms. The van der Waals surface area contributed by atoms with Crippen molar-refractivity contribution in [2.24, 2.45) is 5.84 Å². The summed E-state index contributed by atoms with van der Waals surface area (Å²) < 4.78 is 12.7. The van der Waals surface area contributed by atoms with E-state index in [2.05, 4.69) is 15.7 Å². The molecule has 0 radical (unpaired) electrons. The summed E-state index contributed by atoms with van der Waals surface area (Å²) in [5.41, 5.74) is 3.63. The number of nitrogens with zero attached hydrogens (tertiary/aromatic N) is 1. The molecular formula is C14H15FN4O. The van der Waals surface area contributed by atoms with Crippen molar-refractivity contribution in [3.8, 4) is 0 Å². The maximum Gasteiger partial charge on any atom is 0.269 e. The predicted octanol–water partition coefficient (Wildman–Crippen LogP) is 1.48. The Balaban J connectivity index is 1.87. The van der Waals surface area contributed by atoms with Gasteiger partial charge >= 0.3 is 0 Å². The van der Waals surface area contributed by atoms with E-state index in [0.717, 1.165) is 5.56 Å². The van der Waals surface area contributed by atoms with Gasteiger partial charge in [-0.2, -0.15) is 0 Å². The summed E-state index contributed by atoms with van der Waals surface area (Å²) in [5.74, 6) is 5.12. The Morgan fingerprint density at radius 3 is 2.65 bits per heavy atom. The van der Waals surface area contributed by atoms with Gasteiger partial charge in [-0.25, -0.2) is 15.2 Å². The van der Waals surface area contributed by atoms with Gasteiger partial charge in [0.1, 0.15) is 17.3 Å². The molecule has 0 saturated heterocycles. The lowest BCUT2D eigenvalue weighted by atomic mass is 10.1. The zero-order chi connectivity index (χ0) is 14.4. The fraction of sp³-hybridized carbons (Fsp3) is 0.143. The molecule has 4 N–H and O–H groups in total. The topological polar surface area (TPSA) is 80.0 Å². The average Bonchev–Trinajstić information content (AvgIpc) is 2.49. The summed E-state index contributed by atoms with van der Waals surface area (Å²) in [7, 11) is 0. The van der Waals surface area contributed by atoms with Crippen molar-refractivity contribution in [1.82, 2.24) is 10.3 Å². The number of nitrogen functional groups attached to an aromatic ring is 1. The minimum absolute atomic E-state index is 0.270. The van der Waals surface area contributed by atoms with Crippen LogP contribution in [0.25, 0.3) is 0 Å². The van der Waals surface area contributed by atoms with Crippen molar-refractivity contribution in [2.45, 2.75) is 6.42 Å². The van der Waals surface area contributed by atoms with Crippen molar-refractivity contribution >= 4 is 11.7 Å². The van der Waals surface area contributed by atoms with Crippen LogP contribution in [0.5, 0.6) is 0 Å². The van der Waals surface area contributed by atoms with Crippen LogP contribution in [0.3, 0.4) is 0 Å². The van der Waals surface area contributed by atoms with E-state index >= 15 is 0 Å². The smallest absolute Gasteiger partial charge is 0.269 e. The van der Waals surface area contributed by atoms with Gasteiger partial charge < -0.3 is 10.7 Å². The molecule has 0 aliphatic carbocycles. The van der Waals surface area contributed by atoms with Crippen LogP contribution >= 0.6 is 0 Å². The highest BCUT2D eigenvalue weighted by Gasteiger charge is 2.07. The van der Waals surface area contributed by atoms with E-state index in [1.165, 1.54) is 12.1 Å². The van der Waals surface area contributed by atoms with Crippen LogP contribution in [0.2, 0.25) is 0 Å². The van der Waals surface area contributed by atoms with E-state index in [1.54, 1.807) is 30.3 Å². The number of carbonyl (C=O) groups excluding carboxylic acids is 1. The number of nitrogens with two attached hydrogens (primary N) is 1. The largest absolute Gasteiger partial charge is 0.350 e. The number of rotatable bonds is 5. The number of hydrogen-bond acceptors (Lipinski definition) is 4. The summed E-state index contributed by atoms with van der Waals surface area (Å²) in [6.07, 6.45) is 0.626. The molecule has 2 rings (SSSR count). The first-order valence-corrected chi connectivity index (χ1v) is 6.15. The SMILES string of the molecule is NNc1cccc(C(=O)NCCc2ccc(F)cc2)n1. The molecule has 104 valence electrons. The van der Waals surface area contributed by atoms with E-state index in [1.807, 2.05) is 0 Å². The second kappa shape index (κ2) is 6.63. The van der Waals surface area contributed by atoms with Crippen molar-refractivity contribution in [1.29, 1.82) is 0 Å². The van der Waals surface area contributed by atoms with Crippen molar-refractivity contribution in [3.05, 3.63) is 59.5 Å². The molecule has 1 amide bonds. The minimum Gasteiger partial charge on any atom is -0.350 e. The number of anilines is 1. The van der Waals surface area contributed by atoms with Gasteiger partial charge in [-0.05, 0) is 36.2 Å². The Hall–Kier alpha value is -2.47. The molecule has 0 aliphatic heterocycles. The Kier molecular flexibility index (Phi) is 4.62. The number of hydrazine groups is 1. The Labute approximate surface area is 116 Å². The van der Waals surface area contributed by atoms with E-state index in [-0.39, 0.29) is 11.7 Å². The monoisotopic (exact) mass is 274 g/mol. The highest BCUT2D eigenvalue weighted by Crippen LogP contribution is 2.04. The molecule has 0 atom stereocenters. The zero-order valence-corrected chi connectivity index (χ0v) is 10.8. The molecule has 1 heterocycles. The third-order valence-electron chi connectivity index (χ3n) is 2.74. The molecule has 1 aromatic heterocycles. The highest BCUT2D eigenvalue weighted by atomic mass is 19.1. The number of amides is 1. The number of hydrogen-bond donors (Lipinski definition) is 3. The number of nitrogens with one attached hydrogen (secondary N) is 2. The number of halogens is 1. The third-order valence-corrected chi connectivity index (χ3v) is 2.74. The lowest BCUT2D eigenvalue weighted by Gasteiger charge is -2.06. The number of benzene rings is 1. The molecule has 5 nitrogen and oxygen atoms in total. The van der Waals surface area contributed by atoms with Crippen LogP contribution < -0.4 is 16.6 Å². The Morgan fingerprint density at radius 1 is 1.20 bits per heavy atom. The lowest BCUT2D eigenvalue weighted by molar-refractivity contribution is 0.0949. The second-order valence-corrected chi connectivity index (χ2v) is 4.18. The molecule has 0 unspecified atom stereocenters. The highest BCUT2D eigenvalue weighted by molar-refractivity contribution is 5.92. The van der Waals surface area contributed by atoms with Crippen LogP contribution in [0.15, 0.2) is 42.5 Å². The molecule has 0 fully saturated rings. The molecular weight excluding hydrogens is 259 g/mol. The van der Waals surface area contributed by atoms with Crippen LogP contribution in [-0.4, -0.2) is 17.4 Å². The summed E-state index contributed by atoms with van der Waals surface area (Å²) >= 11 is 0. The molecule has 20 heavy (non-hydrogen) atoms. The van der Waals surface area contributed by atoms with E-state index < -0.39 is 0 Å². The molecule has 0 bridgehead atoms. The van der Waals surface area contributed by atoms with E-state index in [0.29, 0.717) is 24.5 Å². The van der Waals surface area contributed by atoms with Gasteiger partial charge in [-0.1, -0.05) is 18.2 Å². The van der Waals surface area contributed by atoms with Crippen LogP contribution in [-0.2, 0) is 6.42 Å². The van der Waals surface area contributed by atoms with Gasteiger partial charge in [0.25, 0.3) is 5.91 Å². The number of pyridine rings is 1. The molecule has 0 aliphatic rings. The molecule has 6 heteroatoms. The Morgan fingerprint density at radius 2 is 1.95 bits per heavy atom. The van der Waals surface area contributed by atoms with Crippen molar-refractivity contribution < 1.29 is 9.18 Å². The first-order valence-electron chi connectivity index (χ1n) is 6.15. The van der Waals surface area contributed by atoms with Gasteiger partial charge in [0.15, 0.2) is 0 Å². The van der Waals surface area contributed by atoms with Crippen molar-refractivity contribution in [2.75, 3.05) is 12.0 Å². The fourth-order valence-electron chi connectivity index (χ4n) is 1.70. The maximum atomic E-state index is 12.7. The molecule has 1 aromatic carbocycles. The lowest BCUT2D eigenvalue weighted by Crippen LogP contribution is -2.26. The fourth-order valence-corrected chi connectivity index (χ4v) is 1.70. The summed E-state index contributed by atoms with van der Waals surface area (Å²) in [4.78, 5) is 15.9. The minimum atomic E-state index is -0.274. The quantitative estimate of drug-likeness (QED) is 0.570. The second-order valence-electron chi connectivity index (χ2n) is 4.18. The molecule has 2 aromatic rings. The number of aromatic nitrogens is 1. The summed E-state index contributed by atoms with van der Waals surface area (Å²) in [6.45, 7) is 0.451.